The molecule has 0 amide bonds. The second-order valence-electron chi connectivity index (χ2n) is 5.19. The van der Waals surface area contributed by atoms with Crippen LogP contribution in [0, 0.1) is 0 Å². The molecule has 1 aliphatic rings. The van der Waals surface area contributed by atoms with Gasteiger partial charge in [-0.1, -0.05) is 6.07 Å². The van der Waals surface area contributed by atoms with E-state index in [1.165, 1.54) is 0 Å². The number of H-pyrrole nitrogens is 1. The van der Waals surface area contributed by atoms with Gasteiger partial charge in [0.05, 0.1) is 12.6 Å². The predicted molar refractivity (Wildman–Crippen MR) is 74.9 cm³/mol. The summed E-state index contributed by atoms with van der Waals surface area (Å²) in [7, 11) is 3.76. The molecule has 2 heterocycles. The Balaban J connectivity index is 2.12. The molecule has 1 saturated heterocycles. The van der Waals surface area contributed by atoms with Gasteiger partial charge in [0, 0.05) is 6.04 Å². The number of hydrogen-bond donors (Lipinski definition) is 1. The third-order valence-electron chi connectivity index (χ3n) is 3.97. The number of ether oxygens (including phenoxy) is 1. The minimum atomic E-state index is -0.0333. The molecule has 5 nitrogen and oxygen atoms in total. The molecule has 1 aromatic carbocycles. The van der Waals surface area contributed by atoms with Gasteiger partial charge in [-0.15, -0.1) is 0 Å². The fraction of sp³-hybridized carbons (Fsp3) is 0.500. The number of aromatic amines is 1. The van der Waals surface area contributed by atoms with E-state index in [1.807, 2.05) is 22.8 Å². The standard InChI is InChI=1S/C14H19N3O2/c1-16-8-6-10(7-9-16)17-13-11(15-14(17)18)4-3-5-12(13)19-2/h3-5,10H,6-9H2,1-2H3,(H,15,18). The maximum atomic E-state index is 12.2. The number of piperidine rings is 1. The number of hydrogen-bond acceptors (Lipinski definition) is 3. The highest BCUT2D eigenvalue weighted by atomic mass is 16.5. The molecule has 3 rings (SSSR count). The summed E-state index contributed by atoms with van der Waals surface area (Å²) < 4.78 is 7.28. The lowest BCUT2D eigenvalue weighted by atomic mass is 10.1. The molecule has 2 aromatic rings. The number of fused-ring (bicyclic) bond motifs is 1. The zero-order valence-corrected chi connectivity index (χ0v) is 11.3. The molecule has 5 heteroatoms. The Morgan fingerprint density at radius 2 is 2.05 bits per heavy atom. The van der Waals surface area contributed by atoms with E-state index >= 15 is 0 Å². The van der Waals surface area contributed by atoms with Crippen molar-refractivity contribution in [3.8, 4) is 5.75 Å². The molecule has 1 aromatic heterocycles. The first-order valence-electron chi connectivity index (χ1n) is 6.66. The quantitative estimate of drug-likeness (QED) is 0.893. The number of para-hydroxylation sites is 1. The van der Waals surface area contributed by atoms with Gasteiger partial charge >= 0.3 is 5.69 Å². The SMILES string of the molecule is COc1cccc2[nH]c(=O)n(C3CCN(C)CC3)c12. The second-order valence-corrected chi connectivity index (χ2v) is 5.19. The summed E-state index contributed by atoms with van der Waals surface area (Å²) in [5.41, 5.74) is 1.71. The van der Waals surface area contributed by atoms with Crippen molar-refractivity contribution in [3.63, 3.8) is 0 Å². The van der Waals surface area contributed by atoms with E-state index in [2.05, 4.69) is 16.9 Å². The lowest BCUT2D eigenvalue weighted by molar-refractivity contribution is 0.221. The second kappa shape index (κ2) is 4.74. The third-order valence-corrected chi connectivity index (χ3v) is 3.97. The van der Waals surface area contributed by atoms with E-state index in [1.54, 1.807) is 7.11 Å². The van der Waals surface area contributed by atoms with Crippen molar-refractivity contribution in [2.24, 2.45) is 0 Å². The van der Waals surface area contributed by atoms with Crippen LogP contribution in [0.4, 0.5) is 0 Å². The van der Waals surface area contributed by atoms with Crippen molar-refractivity contribution in [1.29, 1.82) is 0 Å². The number of aromatic nitrogens is 2. The minimum Gasteiger partial charge on any atom is -0.494 e. The van der Waals surface area contributed by atoms with Crippen LogP contribution in [0.2, 0.25) is 0 Å². The van der Waals surface area contributed by atoms with Crippen molar-refractivity contribution < 1.29 is 4.74 Å². The highest BCUT2D eigenvalue weighted by Crippen LogP contribution is 2.29. The number of benzene rings is 1. The zero-order valence-electron chi connectivity index (χ0n) is 11.3. The lowest BCUT2D eigenvalue weighted by Gasteiger charge is -2.29. The smallest absolute Gasteiger partial charge is 0.326 e. The van der Waals surface area contributed by atoms with Gasteiger partial charge in [-0.3, -0.25) is 4.57 Å². The molecule has 0 atom stereocenters. The van der Waals surface area contributed by atoms with Crippen molar-refractivity contribution in [2.45, 2.75) is 18.9 Å². The number of imidazole rings is 1. The van der Waals surface area contributed by atoms with Crippen molar-refractivity contribution in [1.82, 2.24) is 14.5 Å². The average molecular weight is 261 g/mol. The van der Waals surface area contributed by atoms with Gasteiger partial charge < -0.3 is 14.6 Å². The summed E-state index contributed by atoms with van der Waals surface area (Å²) in [6.45, 7) is 2.05. The van der Waals surface area contributed by atoms with Crippen LogP contribution in [0.1, 0.15) is 18.9 Å². The van der Waals surface area contributed by atoms with Gasteiger partial charge in [0.2, 0.25) is 0 Å². The van der Waals surface area contributed by atoms with Crippen LogP contribution in [-0.2, 0) is 0 Å². The van der Waals surface area contributed by atoms with E-state index in [0.717, 1.165) is 42.7 Å². The number of rotatable bonds is 2. The Labute approximate surface area is 111 Å². The van der Waals surface area contributed by atoms with Gasteiger partial charge in [-0.05, 0) is 45.1 Å². The molecule has 0 aliphatic carbocycles. The Kier molecular flexibility index (Phi) is 3.06. The molecular formula is C14H19N3O2. The van der Waals surface area contributed by atoms with E-state index < -0.39 is 0 Å². The summed E-state index contributed by atoms with van der Waals surface area (Å²) in [6.07, 6.45) is 2.00. The highest BCUT2D eigenvalue weighted by molar-refractivity contribution is 5.82. The Hall–Kier alpha value is -1.75. The van der Waals surface area contributed by atoms with Crippen LogP contribution < -0.4 is 10.4 Å². The first-order valence-corrected chi connectivity index (χ1v) is 6.66. The Morgan fingerprint density at radius 3 is 2.74 bits per heavy atom. The molecule has 1 N–H and O–H groups in total. The molecule has 0 spiro atoms. The van der Waals surface area contributed by atoms with Crippen molar-refractivity contribution >= 4 is 11.0 Å². The number of methoxy groups -OCH3 is 1. The maximum absolute atomic E-state index is 12.2. The molecular weight excluding hydrogens is 242 g/mol. The summed E-state index contributed by atoms with van der Waals surface area (Å²) in [5.74, 6) is 0.759. The van der Waals surface area contributed by atoms with Crippen LogP contribution in [0.3, 0.4) is 0 Å². The van der Waals surface area contributed by atoms with Gasteiger partial charge in [0.25, 0.3) is 0 Å². The molecule has 0 saturated carbocycles. The normalized spacial score (nSPS) is 18.0. The van der Waals surface area contributed by atoms with Crippen molar-refractivity contribution in [2.75, 3.05) is 27.2 Å². The number of likely N-dealkylation sites (tertiary alicyclic amines) is 1. The third kappa shape index (κ3) is 2.04. The van der Waals surface area contributed by atoms with Crippen LogP contribution in [0.25, 0.3) is 11.0 Å². The fourth-order valence-corrected chi connectivity index (χ4v) is 2.91. The van der Waals surface area contributed by atoms with Crippen LogP contribution in [0.5, 0.6) is 5.75 Å². The number of nitrogens with one attached hydrogen (secondary N) is 1. The molecule has 102 valence electrons. The van der Waals surface area contributed by atoms with E-state index in [9.17, 15) is 4.79 Å². The number of nitrogens with zero attached hydrogens (tertiary/aromatic N) is 2. The Morgan fingerprint density at radius 1 is 1.32 bits per heavy atom. The van der Waals surface area contributed by atoms with Crippen LogP contribution >= 0.6 is 0 Å². The fourth-order valence-electron chi connectivity index (χ4n) is 2.91. The van der Waals surface area contributed by atoms with E-state index in [-0.39, 0.29) is 11.7 Å². The highest BCUT2D eigenvalue weighted by Gasteiger charge is 2.23. The summed E-state index contributed by atoms with van der Waals surface area (Å²) in [6, 6.07) is 5.98. The van der Waals surface area contributed by atoms with E-state index in [4.69, 9.17) is 4.74 Å². The molecule has 0 unspecified atom stereocenters. The maximum Gasteiger partial charge on any atom is 0.326 e. The van der Waals surface area contributed by atoms with Crippen LogP contribution in [0.15, 0.2) is 23.0 Å². The van der Waals surface area contributed by atoms with Gasteiger partial charge in [-0.2, -0.15) is 0 Å². The minimum absolute atomic E-state index is 0.0333. The lowest BCUT2D eigenvalue weighted by Crippen LogP contribution is -2.34. The molecule has 1 aliphatic heterocycles. The average Bonchev–Trinajstić information content (AvgIpc) is 2.75. The molecule has 1 fully saturated rings. The summed E-state index contributed by atoms with van der Waals surface area (Å²) >= 11 is 0. The first-order chi connectivity index (χ1) is 9.20. The van der Waals surface area contributed by atoms with Crippen molar-refractivity contribution in [3.05, 3.63) is 28.7 Å². The largest absolute Gasteiger partial charge is 0.494 e. The van der Waals surface area contributed by atoms with E-state index in [0.29, 0.717) is 0 Å². The van der Waals surface area contributed by atoms with Gasteiger partial charge in [0.1, 0.15) is 11.3 Å². The van der Waals surface area contributed by atoms with Gasteiger partial charge in [-0.25, -0.2) is 4.79 Å². The summed E-state index contributed by atoms with van der Waals surface area (Å²) in [5, 5.41) is 0. The first kappa shape index (κ1) is 12.3. The summed E-state index contributed by atoms with van der Waals surface area (Å²) in [4.78, 5) is 17.4. The molecule has 0 bridgehead atoms. The van der Waals surface area contributed by atoms with Crippen LogP contribution in [-0.4, -0.2) is 41.7 Å². The monoisotopic (exact) mass is 261 g/mol. The zero-order chi connectivity index (χ0) is 13.4. The molecule has 19 heavy (non-hydrogen) atoms. The Bertz CT molecular complexity index is 636. The predicted octanol–water partition coefficient (Wildman–Crippen LogP) is 1.60. The van der Waals surface area contributed by atoms with Gasteiger partial charge in [0.15, 0.2) is 0 Å². The topological polar surface area (TPSA) is 50.3 Å². The molecule has 0 radical (unpaired) electrons.